The highest BCUT2D eigenvalue weighted by molar-refractivity contribution is 6.14. The van der Waals surface area contributed by atoms with Crippen molar-refractivity contribution < 1.29 is 4.79 Å². The van der Waals surface area contributed by atoms with E-state index in [-0.39, 0.29) is 11.8 Å². The average molecular weight is 344 g/mol. The van der Waals surface area contributed by atoms with Gasteiger partial charge in [-0.05, 0) is 49.6 Å². The summed E-state index contributed by atoms with van der Waals surface area (Å²) in [7, 11) is 0. The molecule has 4 rings (SSSR count). The molecule has 0 unspecified atom stereocenters. The van der Waals surface area contributed by atoms with E-state index in [1.165, 1.54) is 15.8 Å². The van der Waals surface area contributed by atoms with E-state index in [2.05, 4.69) is 39.3 Å². The Morgan fingerprint density at radius 2 is 1.65 bits per heavy atom. The first-order valence-corrected chi connectivity index (χ1v) is 8.71. The Labute approximate surface area is 152 Å². The molecule has 0 radical (unpaired) electrons. The van der Waals surface area contributed by atoms with Crippen LogP contribution in [0, 0.1) is 19.8 Å². The van der Waals surface area contributed by atoms with E-state index in [9.17, 15) is 4.79 Å². The second kappa shape index (κ2) is 6.33. The lowest BCUT2D eigenvalue weighted by atomic mass is 9.92. The van der Waals surface area contributed by atoms with E-state index in [4.69, 9.17) is 0 Å². The summed E-state index contributed by atoms with van der Waals surface area (Å²) >= 11 is 0. The molecule has 0 bridgehead atoms. The Hall–Kier alpha value is -3.08. The molecule has 2 heterocycles. The highest BCUT2D eigenvalue weighted by atomic mass is 16.2. The number of aromatic nitrogens is 2. The highest BCUT2D eigenvalue weighted by Gasteiger charge is 2.36. The van der Waals surface area contributed by atoms with Crippen LogP contribution in [0.25, 0.3) is 10.8 Å². The summed E-state index contributed by atoms with van der Waals surface area (Å²) in [4.78, 5) is 21.8. The first-order valence-electron chi connectivity index (χ1n) is 8.71. The molecule has 0 saturated carbocycles. The summed E-state index contributed by atoms with van der Waals surface area (Å²) in [6.45, 7) is 5.68. The molecule has 1 atom stereocenters. The normalized spacial score (nSPS) is 17.0. The Balaban J connectivity index is 1.66. The van der Waals surface area contributed by atoms with Gasteiger partial charge in [-0.1, -0.05) is 42.5 Å². The molecule has 26 heavy (non-hydrogen) atoms. The number of fused-ring (bicyclic) bond motifs is 1. The topological polar surface area (TPSA) is 58.5 Å². The number of anilines is 1. The van der Waals surface area contributed by atoms with Gasteiger partial charge >= 0.3 is 0 Å². The van der Waals surface area contributed by atoms with Crippen molar-refractivity contribution in [1.29, 1.82) is 0 Å². The van der Waals surface area contributed by atoms with Crippen LogP contribution in [0.5, 0.6) is 0 Å². The first-order chi connectivity index (χ1) is 12.5. The lowest BCUT2D eigenvalue weighted by molar-refractivity contribution is -0.119. The maximum Gasteiger partial charge on any atom is 0.259 e. The number of hydrogen-bond donors (Lipinski definition) is 0. The molecule has 3 aromatic rings. The molecule has 1 aliphatic heterocycles. The van der Waals surface area contributed by atoms with Crippen molar-refractivity contribution in [2.45, 2.75) is 27.2 Å². The fraction of sp³-hybridized carbons (Fsp3) is 0.238. The quantitative estimate of drug-likeness (QED) is 0.725. The van der Waals surface area contributed by atoms with Gasteiger partial charge in [-0.2, -0.15) is 10.1 Å². The molecule has 1 amide bonds. The lowest BCUT2D eigenvalue weighted by Crippen LogP contribution is -2.30. The Morgan fingerprint density at radius 1 is 0.962 bits per heavy atom. The van der Waals surface area contributed by atoms with Crippen LogP contribution in [-0.4, -0.2) is 21.6 Å². The minimum Gasteiger partial charge on any atom is -0.272 e. The van der Waals surface area contributed by atoms with Crippen LogP contribution < -0.4 is 5.01 Å². The van der Waals surface area contributed by atoms with Gasteiger partial charge in [-0.3, -0.25) is 4.79 Å². The van der Waals surface area contributed by atoms with Crippen LogP contribution in [0.15, 0.2) is 53.6 Å². The van der Waals surface area contributed by atoms with Crippen LogP contribution >= 0.6 is 0 Å². The molecule has 1 aromatic heterocycles. The largest absolute Gasteiger partial charge is 0.272 e. The number of aryl methyl sites for hydroxylation is 2. The summed E-state index contributed by atoms with van der Waals surface area (Å²) < 4.78 is 0. The van der Waals surface area contributed by atoms with E-state index in [0.717, 1.165) is 22.7 Å². The molecule has 130 valence electrons. The predicted octanol–water partition coefficient (Wildman–Crippen LogP) is 3.83. The van der Waals surface area contributed by atoms with E-state index in [1.807, 2.05) is 45.0 Å². The predicted molar refractivity (Wildman–Crippen MR) is 103 cm³/mol. The van der Waals surface area contributed by atoms with Crippen LogP contribution in [0.4, 0.5) is 5.95 Å². The van der Waals surface area contributed by atoms with Gasteiger partial charge in [-0.15, -0.1) is 0 Å². The van der Waals surface area contributed by atoms with Gasteiger partial charge in [0.25, 0.3) is 11.9 Å². The van der Waals surface area contributed by atoms with Crippen LogP contribution in [0.3, 0.4) is 0 Å². The number of carbonyl (C=O) groups is 1. The number of amides is 1. The Morgan fingerprint density at radius 3 is 2.42 bits per heavy atom. The summed E-state index contributed by atoms with van der Waals surface area (Å²) in [6.07, 6.45) is 0.622. The van der Waals surface area contributed by atoms with Crippen LogP contribution in [-0.2, 0) is 11.2 Å². The van der Waals surface area contributed by atoms with Crippen molar-refractivity contribution in [3.8, 4) is 0 Å². The molecule has 0 aliphatic carbocycles. The van der Waals surface area contributed by atoms with Crippen molar-refractivity contribution in [2.24, 2.45) is 11.0 Å². The van der Waals surface area contributed by atoms with Gasteiger partial charge in [0.2, 0.25) is 0 Å². The average Bonchev–Trinajstić information content (AvgIpc) is 2.89. The summed E-state index contributed by atoms with van der Waals surface area (Å²) in [5, 5.41) is 8.17. The van der Waals surface area contributed by atoms with Crippen molar-refractivity contribution in [1.82, 2.24) is 9.97 Å². The second-order valence-electron chi connectivity index (χ2n) is 6.74. The molecule has 0 saturated heterocycles. The minimum absolute atomic E-state index is 0.0690. The number of benzene rings is 2. The summed E-state index contributed by atoms with van der Waals surface area (Å²) in [6, 6.07) is 16.3. The van der Waals surface area contributed by atoms with Gasteiger partial charge in [0.1, 0.15) is 0 Å². The van der Waals surface area contributed by atoms with Crippen LogP contribution in [0.2, 0.25) is 0 Å². The van der Waals surface area contributed by atoms with E-state index < -0.39 is 0 Å². The fourth-order valence-corrected chi connectivity index (χ4v) is 3.47. The number of carbonyl (C=O) groups excluding carboxylic acids is 1. The van der Waals surface area contributed by atoms with Gasteiger partial charge in [0.15, 0.2) is 0 Å². The van der Waals surface area contributed by atoms with E-state index in [0.29, 0.717) is 12.4 Å². The number of nitrogens with zero attached hydrogens (tertiary/aromatic N) is 4. The molecule has 5 heteroatoms. The Bertz CT molecular complexity index is 1020. The molecule has 5 nitrogen and oxygen atoms in total. The maximum atomic E-state index is 13.0. The number of rotatable bonds is 3. The van der Waals surface area contributed by atoms with Gasteiger partial charge in [0.05, 0.1) is 5.92 Å². The number of hydrogen-bond acceptors (Lipinski definition) is 4. The van der Waals surface area contributed by atoms with Gasteiger partial charge < -0.3 is 0 Å². The van der Waals surface area contributed by atoms with E-state index in [1.54, 1.807) is 0 Å². The van der Waals surface area contributed by atoms with Crippen molar-refractivity contribution in [2.75, 3.05) is 5.01 Å². The number of hydrazone groups is 1. The third-order valence-electron chi connectivity index (χ3n) is 4.73. The fourth-order valence-electron chi connectivity index (χ4n) is 3.47. The SMILES string of the molecule is CC1=NN(c2nc(C)cc(C)n2)C(=O)[C@H]1Cc1cccc2ccccc12. The second-order valence-corrected chi connectivity index (χ2v) is 6.74. The van der Waals surface area contributed by atoms with E-state index >= 15 is 0 Å². The molecule has 2 aromatic carbocycles. The first kappa shape index (κ1) is 16.4. The molecular weight excluding hydrogens is 324 g/mol. The lowest BCUT2D eigenvalue weighted by Gasteiger charge is -2.14. The molecular formula is C21H20N4O. The van der Waals surface area contributed by atoms with Crippen molar-refractivity contribution in [3.63, 3.8) is 0 Å². The molecule has 1 aliphatic rings. The maximum absolute atomic E-state index is 13.0. The van der Waals surface area contributed by atoms with Crippen molar-refractivity contribution in [3.05, 3.63) is 65.5 Å². The summed E-state index contributed by atoms with van der Waals surface area (Å²) in [5.41, 5.74) is 3.60. The van der Waals surface area contributed by atoms with Gasteiger partial charge in [0, 0.05) is 17.1 Å². The standard InChI is InChI=1S/C21H20N4O/c1-13-11-14(2)23-21(22-13)25-20(26)19(15(3)24-25)12-17-9-6-8-16-7-4-5-10-18(16)17/h4-11,19H,12H2,1-3H3/t19-/m0/s1. The minimum atomic E-state index is -0.287. The highest BCUT2D eigenvalue weighted by Crippen LogP contribution is 2.27. The molecule has 0 fully saturated rings. The zero-order valence-electron chi connectivity index (χ0n) is 15.1. The third-order valence-corrected chi connectivity index (χ3v) is 4.73. The molecule has 0 N–H and O–H groups in total. The zero-order chi connectivity index (χ0) is 18.3. The third kappa shape index (κ3) is 2.86. The monoisotopic (exact) mass is 344 g/mol. The Kier molecular flexibility index (Phi) is 3.99. The van der Waals surface area contributed by atoms with Crippen LogP contribution in [0.1, 0.15) is 23.9 Å². The zero-order valence-corrected chi connectivity index (χ0v) is 15.1. The van der Waals surface area contributed by atoms with Gasteiger partial charge in [-0.25, -0.2) is 9.97 Å². The molecule has 0 spiro atoms. The smallest absolute Gasteiger partial charge is 0.259 e. The summed E-state index contributed by atoms with van der Waals surface area (Å²) in [5.74, 6) is -0.00192. The van der Waals surface area contributed by atoms with Crippen molar-refractivity contribution >= 4 is 28.3 Å².